The molecule has 0 radical (unpaired) electrons. The first-order valence-electron chi connectivity index (χ1n) is 8.22. The van der Waals surface area contributed by atoms with E-state index in [2.05, 4.69) is 5.10 Å². The van der Waals surface area contributed by atoms with Gasteiger partial charge in [-0.15, -0.1) is 0 Å². The molecule has 4 rings (SSSR count). The second-order valence-electron chi connectivity index (χ2n) is 7.34. The third kappa shape index (κ3) is 2.25. The van der Waals surface area contributed by atoms with Gasteiger partial charge in [-0.05, 0) is 25.7 Å². The van der Waals surface area contributed by atoms with E-state index in [4.69, 9.17) is 0 Å². The molecule has 1 N–H and O–H groups in total. The van der Waals surface area contributed by atoms with Crippen LogP contribution in [0.25, 0.3) is 0 Å². The highest BCUT2D eigenvalue weighted by atomic mass is 16.3. The third-order valence-electron chi connectivity index (χ3n) is 5.66. The molecule has 2 amide bonds. The molecule has 1 aromatic heterocycles. The Labute approximate surface area is 134 Å². The van der Waals surface area contributed by atoms with Crippen molar-refractivity contribution in [3.05, 3.63) is 18.0 Å². The highest BCUT2D eigenvalue weighted by Gasteiger charge is 2.57. The van der Waals surface area contributed by atoms with Gasteiger partial charge < -0.3 is 14.9 Å². The summed E-state index contributed by atoms with van der Waals surface area (Å²) in [4.78, 5) is 28.4. The standard InChI is InChI=1S/C16H22N4O3/c1-18-9-12(8-17-18)14(22)20-6-5-15(20)10-19(11-15)13(21)7-16(23)3-2-4-16/h8-9,23H,2-7,10-11H2,1H3. The molecule has 0 aromatic carbocycles. The Morgan fingerprint density at radius 1 is 1.30 bits per heavy atom. The molecule has 1 spiro atoms. The quantitative estimate of drug-likeness (QED) is 0.860. The largest absolute Gasteiger partial charge is 0.389 e. The SMILES string of the molecule is Cn1cc(C(=O)N2CCC23CN(C(=O)CC2(O)CCC2)C3)cn1. The van der Waals surface area contributed by atoms with Crippen LogP contribution in [0.4, 0.5) is 0 Å². The van der Waals surface area contributed by atoms with Gasteiger partial charge in [0, 0.05) is 32.9 Å². The summed E-state index contributed by atoms with van der Waals surface area (Å²) in [5.74, 6) is 0.00701. The van der Waals surface area contributed by atoms with Gasteiger partial charge in [0.1, 0.15) is 0 Å². The first-order valence-corrected chi connectivity index (χ1v) is 8.22. The lowest BCUT2D eigenvalue weighted by molar-refractivity contribution is -0.161. The molecule has 3 heterocycles. The van der Waals surface area contributed by atoms with Crippen LogP contribution >= 0.6 is 0 Å². The summed E-state index contributed by atoms with van der Waals surface area (Å²) < 4.78 is 1.62. The van der Waals surface area contributed by atoms with Crippen LogP contribution in [-0.4, -0.2) is 67.3 Å². The minimum absolute atomic E-state index is 0.00549. The average molecular weight is 318 g/mol. The first-order chi connectivity index (χ1) is 10.9. The molecule has 2 saturated heterocycles. The predicted molar refractivity (Wildman–Crippen MR) is 81.6 cm³/mol. The molecule has 23 heavy (non-hydrogen) atoms. The van der Waals surface area contributed by atoms with Crippen LogP contribution < -0.4 is 0 Å². The maximum atomic E-state index is 12.5. The topological polar surface area (TPSA) is 78.7 Å². The molecule has 3 fully saturated rings. The van der Waals surface area contributed by atoms with Gasteiger partial charge in [0.15, 0.2) is 0 Å². The predicted octanol–water partition coefficient (Wildman–Crippen LogP) is 0.152. The van der Waals surface area contributed by atoms with Gasteiger partial charge >= 0.3 is 0 Å². The van der Waals surface area contributed by atoms with E-state index in [0.29, 0.717) is 18.7 Å². The van der Waals surface area contributed by atoms with Crippen LogP contribution in [0.1, 0.15) is 42.5 Å². The molecule has 3 aliphatic rings. The maximum absolute atomic E-state index is 12.5. The number of hydrogen-bond donors (Lipinski definition) is 1. The van der Waals surface area contributed by atoms with Crippen molar-refractivity contribution in [1.82, 2.24) is 19.6 Å². The third-order valence-corrected chi connectivity index (χ3v) is 5.66. The number of aromatic nitrogens is 2. The Hall–Kier alpha value is -1.89. The normalized spacial score (nSPS) is 23.9. The van der Waals surface area contributed by atoms with E-state index >= 15 is 0 Å². The molecule has 0 unspecified atom stereocenters. The second-order valence-corrected chi connectivity index (χ2v) is 7.34. The highest BCUT2D eigenvalue weighted by Crippen LogP contribution is 2.42. The van der Waals surface area contributed by atoms with Gasteiger partial charge in [0.2, 0.25) is 5.91 Å². The van der Waals surface area contributed by atoms with Crippen molar-refractivity contribution in [3.8, 4) is 0 Å². The van der Waals surface area contributed by atoms with Gasteiger partial charge in [0.25, 0.3) is 5.91 Å². The Bertz CT molecular complexity index is 658. The summed E-state index contributed by atoms with van der Waals surface area (Å²) in [6, 6.07) is 0. The van der Waals surface area contributed by atoms with Crippen molar-refractivity contribution in [2.24, 2.45) is 7.05 Å². The number of hydrogen-bond acceptors (Lipinski definition) is 4. The van der Waals surface area contributed by atoms with E-state index in [1.807, 2.05) is 4.90 Å². The minimum atomic E-state index is -0.773. The molecule has 0 bridgehead atoms. The van der Waals surface area contributed by atoms with Crippen molar-refractivity contribution in [2.45, 2.75) is 43.2 Å². The summed E-state index contributed by atoms with van der Waals surface area (Å²) in [6.45, 7) is 1.92. The van der Waals surface area contributed by atoms with Gasteiger partial charge in [-0.1, -0.05) is 0 Å². The van der Waals surface area contributed by atoms with Crippen LogP contribution in [0.5, 0.6) is 0 Å². The lowest BCUT2D eigenvalue weighted by Gasteiger charge is -2.62. The Morgan fingerprint density at radius 2 is 2.04 bits per heavy atom. The van der Waals surface area contributed by atoms with Crippen molar-refractivity contribution in [2.75, 3.05) is 19.6 Å². The maximum Gasteiger partial charge on any atom is 0.257 e. The number of aliphatic hydroxyl groups is 1. The number of carbonyl (C=O) groups is 2. The highest BCUT2D eigenvalue weighted by molar-refractivity contribution is 5.95. The van der Waals surface area contributed by atoms with Gasteiger partial charge in [-0.3, -0.25) is 14.3 Å². The van der Waals surface area contributed by atoms with E-state index in [0.717, 1.165) is 32.2 Å². The van der Waals surface area contributed by atoms with Crippen LogP contribution in [0.3, 0.4) is 0 Å². The van der Waals surface area contributed by atoms with Crippen LogP contribution in [0.15, 0.2) is 12.4 Å². The fraction of sp³-hybridized carbons (Fsp3) is 0.688. The summed E-state index contributed by atoms with van der Waals surface area (Å²) in [5.41, 5.74) is -0.365. The number of carbonyl (C=O) groups excluding carboxylic acids is 2. The van der Waals surface area contributed by atoms with E-state index in [-0.39, 0.29) is 23.8 Å². The van der Waals surface area contributed by atoms with E-state index in [1.54, 1.807) is 29.0 Å². The molecular weight excluding hydrogens is 296 g/mol. The summed E-state index contributed by atoms with van der Waals surface area (Å²) >= 11 is 0. The van der Waals surface area contributed by atoms with Gasteiger partial charge in [-0.2, -0.15) is 5.10 Å². The number of aryl methyl sites for hydroxylation is 1. The van der Waals surface area contributed by atoms with E-state index in [9.17, 15) is 14.7 Å². The lowest BCUT2D eigenvalue weighted by Crippen LogP contribution is -2.78. The molecule has 124 valence electrons. The smallest absolute Gasteiger partial charge is 0.257 e. The van der Waals surface area contributed by atoms with Crippen molar-refractivity contribution >= 4 is 11.8 Å². The molecule has 2 aliphatic heterocycles. The fourth-order valence-corrected chi connectivity index (χ4v) is 3.87. The van der Waals surface area contributed by atoms with Crippen molar-refractivity contribution < 1.29 is 14.7 Å². The number of rotatable bonds is 3. The molecule has 7 nitrogen and oxygen atoms in total. The lowest BCUT2D eigenvalue weighted by atomic mass is 9.74. The van der Waals surface area contributed by atoms with Gasteiger partial charge in [0.05, 0.1) is 29.3 Å². The van der Waals surface area contributed by atoms with Crippen LogP contribution in [0, 0.1) is 0 Å². The molecule has 1 saturated carbocycles. The van der Waals surface area contributed by atoms with E-state index < -0.39 is 5.60 Å². The van der Waals surface area contributed by atoms with Crippen LogP contribution in [0.2, 0.25) is 0 Å². The monoisotopic (exact) mass is 318 g/mol. The first kappa shape index (κ1) is 14.7. The molecular formula is C16H22N4O3. The zero-order valence-corrected chi connectivity index (χ0v) is 13.4. The minimum Gasteiger partial charge on any atom is -0.389 e. The number of amides is 2. The average Bonchev–Trinajstić information content (AvgIpc) is 2.81. The summed E-state index contributed by atoms with van der Waals surface area (Å²) in [5, 5.41) is 14.2. The van der Waals surface area contributed by atoms with Crippen molar-refractivity contribution in [3.63, 3.8) is 0 Å². The van der Waals surface area contributed by atoms with Crippen molar-refractivity contribution in [1.29, 1.82) is 0 Å². The fourth-order valence-electron chi connectivity index (χ4n) is 3.87. The molecule has 1 aromatic rings. The molecule has 7 heteroatoms. The van der Waals surface area contributed by atoms with Crippen LogP contribution in [-0.2, 0) is 11.8 Å². The second kappa shape index (κ2) is 4.80. The Balaban J connectivity index is 1.36. The Kier molecular flexibility index (Phi) is 3.07. The summed E-state index contributed by atoms with van der Waals surface area (Å²) in [6.07, 6.45) is 6.92. The van der Waals surface area contributed by atoms with Gasteiger partial charge in [-0.25, -0.2) is 0 Å². The number of nitrogens with zero attached hydrogens (tertiary/aromatic N) is 4. The number of likely N-dealkylation sites (tertiary alicyclic amines) is 2. The summed E-state index contributed by atoms with van der Waals surface area (Å²) in [7, 11) is 1.79. The Morgan fingerprint density at radius 3 is 2.52 bits per heavy atom. The zero-order chi connectivity index (χ0) is 16.2. The molecule has 1 aliphatic carbocycles. The zero-order valence-electron chi connectivity index (χ0n) is 13.4. The van der Waals surface area contributed by atoms with E-state index in [1.165, 1.54) is 0 Å². The molecule has 0 atom stereocenters.